The Morgan fingerprint density at radius 1 is 1.28 bits per heavy atom. The van der Waals surface area contributed by atoms with Crippen LogP contribution in [-0.4, -0.2) is 33.7 Å². The van der Waals surface area contributed by atoms with E-state index in [0.717, 1.165) is 24.3 Å². The average molecular weight is 456 g/mol. The minimum atomic E-state index is -0.604. The maximum Gasteiger partial charge on any atom is 0.257 e. The lowest BCUT2D eigenvalue weighted by molar-refractivity contribution is -0.118. The van der Waals surface area contributed by atoms with Crippen molar-refractivity contribution in [3.05, 3.63) is 50.9 Å². The number of aromatic hydroxyl groups is 1. The van der Waals surface area contributed by atoms with Crippen LogP contribution in [0.4, 0.5) is 5.82 Å². The summed E-state index contributed by atoms with van der Waals surface area (Å²) in [4.78, 5) is 34.1. The Hall–Kier alpha value is -2.74. The molecule has 0 spiro atoms. The maximum atomic E-state index is 13.3. The van der Waals surface area contributed by atoms with Gasteiger partial charge in [-0.15, -0.1) is 0 Å². The predicted molar refractivity (Wildman–Crippen MR) is 126 cm³/mol. The van der Waals surface area contributed by atoms with E-state index in [1.54, 1.807) is 18.2 Å². The van der Waals surface area contributed by atoms with Crippen LogP contribution in [0, 0.1) is 5.41 Å². The molecular formula is C24H29N3O4S. The number of benzene rings is 1. The number of unbranched alkanes of at least 4 members (excludes halogenated alkanes) is 1. The number of Topliss-reactive ketones (excluding diaryl/α,β-unsaturated/α-hetero) is 1. The molecule has 0 fully saturated rings. The topological polar surface area (TPSA) is 104 Å². The first-order valence-electron chi connectivity index (χ1n) is 10.9. The molecule has 8 heteroatoms. The maximum absolute atomic E-state index is 13.3. The molecule has 1 atom stereocenters. The van der Waals surface area contributed by atoms with E-state index < -0.39 is 5.92 Å². The number of nitrogens with zero attached hydrogens (tertiary/aromatic N) is 1. The molecule has 0 radical (unpaired) electrons. The number of anilines is 1. The lowest BCUT2D eigenvalue weighted by Crippen LogP contribution is -2.37. The third-order valence-corrected chi connectivity index (χ3v) is 6.93. The van der Waals surface area contributed by atoms with Crippen molar-refractivity contribution in [2.75, 3.05) is 18.2 Å². The Morgan fingerprint density at radius 3 is 2.75 bits per heavy atom. The smallest absolute Gasteiger partial charge is 0.257 e. The van der Waals surface area contributed by atoms with Gasteiger partial charge in [0, 0.05) is 29.4 Å². The van der Waals surface area contributed by atoms with Crippen LogP contribution in [0.1, 0.15) is 63.5 Å². The first-order valence-corrected chi connectivity index (χ1v) is 11.9. The number of aromatic amines is 1. The van der Waals surface area contributed by atoms with Crippen molar-refractivity contribution >= 4 is 23.4 Å². The SMILES string of the molecule is CCCCSc1nc2c(c(=O)[nH]1)C(c1ccc(OC)c(O)c1)C1=C(CC(C)(C)CC1=O)N2. The van der Waals surface area contributed by atoms with Crippen molar-refractivity contribution in [2.24, 2.45) is 5.41 Å². The lowest BCUT2D eigenvalue weighted by Gasteiger charge is -2.38. The van der Waals surface area contributed by atoms with Crippen LogP contribution in [0.5, 0.6) is 11.5 Å². The minimum Gasteiger partial charge on any atom is -0.504 e. The molecule has 32 heavy (non-hydrogen) atoms. The number of nitrogens with one attached hydrogen (secondary N) is 2. The largest absolute Gasteiger partial charge is 0.504 e. The normalized spacial score (nSPS) is 19.2. The lowest BCUT2D eigenvalue weighted by atomic mass is 9.69. The summed E-state index contributed by atoms with van der Waals surface area (Å²) in [5.74, 6) is 1.06. The molecule has 4 rings (SSSR count). The molecule has 2 heterocycles. The van der Waals surface area contributed by atoms with Gasteiger partial charge in [0.1, 0.15) is 5.82 Å². The molecule has 0 amide bonds. The van der Waals surface area contributed by atoms with Gasteiger partial charge in [-0.2, -0.15) is 0 Å². The molecule has 1 unspecified atom stereocenters. The van der Waals surface area contributed by atoms with Crippen LogP contribution >= 0.6 is 11.8 Å². The van der Waals surface area contributed by atoms with E-state index in [2.05, 4.69) is 31.1 Å². The molecule has 0 saturated carbocycles. The van der Waals surface area contributed by atoms with Gasteiger partial charge in [-0.25, -0.2) is 4.98 Å². The van der Waals surface area contributed by atoms with Gasteiger partial charge in [-0.3, -0.25) is 9.59 Å². The summed E-state index contributed by atoms with van der Waals surface area (Å²) < 4.78 is 5.17. The number of carbonyl (C=O) groups is 1. The molecule has 1 aliphatic heterocycles. The van der Waals surface area contributed by atoms with Crippen molar-refractivity contribution < 1.29 is 14.6 Å². The minimum absolute atomic E-state index is 0.00973. The summed E-state index contributed by atoms with van der Waals surface area (Å²) in [6.07, 6.45) is 3.18. The Labute approximate surface area is 191 Å². The van der Waals surface area contributed by atoms with Gasteiger partial charge in [-0.1, -0.05) is 45.0 Å². The summed E-state index contributed by atoms with van der Waals surface area (Å²) in [5, 5.41) is 14.3. The van der Waals surface area contributed by atoms with Gasteiger partial charge < -0.3 is 20.1 Å². The highest BCUT2D eigenvalue weighted by atomic mass is 32.2. The van der Waals surface area contributed by atoms with E-state index in [4.69, 9.17) is 9.72 Å². The second-order valence-corrected chi connectivity index (χ2v) is 10.2. The van der Waals surface area contributed by atoms with Crippen LogP contribution in [0.25, 0.3) is 0 Å². The number of ketones is 1. The molecule has 2 aliphatic rings. The summed E-state index contributed by atoms with van der Waals surface area (Å²) >= 11 is 1.52. The number of fused-ring (bicyclic) bond motifs is 1. The number of rotatable bonds is 6. The van der Waals surface area contributed by atoms with Crippen molar-refractivity contribution in [1.82, 2.24) is 9.97 Å². The quantitative estimate of drug-likeness (QED) is 0.333. The molecule has 7 nitrogen and oxygen atoms in total. The van der Waals surface area contributed by atoms with Crippen LogP contribution in [0.3, 0.4) is 0 Å². The number of H-pyrrole nitrogens is 1. The van der Waals surface area contributed by atoms with E-state index in [1.165, 1.54) is 18.9 Å². The molecule has 1 aliphatic carbocycles. The number of hydrogen-bond acceptors (Lipinski definition) is 7. The third-order valence-electron chi connectivity index (χ3n) is 5.97. The second-order valence-electron chi connectivity index (χ2n) is 9.16. The Bertz CT molecular complexity index is 1150. The van der Waals surface area contributed by atoms with E-state index in [9.17, 15) is 14.7 Å². The zero-order valence-electron chi connectivity index (χ0n) is 18.9. The van der Waals surface area contributed by atoms with Crippen LogP contribution in [-0.2, 0) is 4.79 Å². The van der Waals surface area contributed by atoms with Gasteiger partial charge in [0.25, 0.3) is 5.56 Å². The Balaban J connectivity index is 1.88. The molecule has 170 valence electrons. The number of hydrogen-bond donors (Lipinski definition) is 3. The molecule has 1 aromatic heterocycles. The van der Waals surface area contributed by atoms with Gasteiger partial charge in [0.2, 0.25) is 0 Å². The number of phenolic OH excluding ortho intramolecular Hbond substituents is 1. The monoisotopic (exact) mass is 455 g/mol. The Kier molecular flexibility index (Phi) is 6.07. The summed E-state index contributed by atoms with van der Waals surface area (Å²) in [6.45, 7) is 6.25. The van der Waals surface area contributed by atoms with E-state index in [-0.39, 0.29) is 22.5 Å². The van der Waals surface area contributed by atoms with Gasteiger partial charge in [-0.05, 0) is 36.0 Å². The summed E-state index contributed by atoms with van der Waals surface area (Å²) in [6, 6.07) is 5.01. The highest BCUT2D eigenvalue weighted by Gasteiger charge is 2.42. The third kappa shape index (κ3) is 4.16. The fourth-order valence-electron chi connectivity index (χ4n) is 4.49. The van der Waals surface area contributed by atoms with Crippen molar-refractivity contribution in [3.63, 3.8) is 0 Å². The number of phenols is 1. The zero-order valence-corrected chi connectivity index (χ0v) is 19.7. The van der Waals surface area contributed by atoms with Gasteiger partial charge in [0.05, 0.1) is 12.7 Å². The predicted octanol–water partition coefficient (Wildman–Crippen LogP) is 4.58. The van der Waals surface area contributed by atoms with Crippen LogP contribution in [0.15, 0.2) is 39.4 Å². The van der Waals surface area contributed by atoms with Crippen LogP contribution in [0.2, 0.25) is 0 Å². The fourth-order valence-corrected chi connectivity index (χ4v) is 5.44. The van der Waals surface area contributed by atoms with E-state index in [0.29, 0.717) is 46.3 Å². The summed E-state index contributed by atoms with van der Waals surface area (Å²) in [5.41, 5.74) is 1.99. The molecule has 2 aromatic rings. The second kappa shape index (κ2) is 8.65. The van der Waals surface area contributed by atoms with Crippen molar-refractivity contribution in [2.45, 2.75) is 57.5 Å². The number of allylic oxidation sites excluding steroid dienone is 2. The van der Waals surface area contributed by atoms with Crippen molar-refractivity contribution in [1.29, 1.82) is 0 Å². The average Bonchev–Trinajstić information content (AvgIpc) is 2.71. The Morgan fingerprint density at radius 2 is 2.06 bits per heavy atom. The number of methoxy groups -OCH3 is 1. The fraction of sp³-hybridized carbons (Fsp3) is 0.458. The summed E-state index contributed by atoms with van der Waals surface area (Å²) in [7, 11) is 1.48. The molecule has 0 bridgehead atoms. The van der Waals surface area contributed by atoms with Crippen LogP contribution < -0.4 is 15.6 Å². The van der Waals surface area contributed by atoms with E-state index >= 15 is 0 Å². The molecular weight excluding hydrogens is 426 g/mol. The molecule has 1 aromatic carbocycles. The number of aromatic nitrogens is 2. The first-order chi connectivity index (χ1) is 15.2. The highest BCUT2D eigenvalue weighted by molar-refractivity contribution is 7.99. The standard InChI is InChI=1S/C24H29N3O4S/c1-5-6-9-32-23-26-21-20(22(30)27-23)18(13-7-8-17(31-4)15(28)10-13)19-14(25-21)11-24(2,3)12-16(19)29/h7-8,10,18,28H,5-6,9,11-12H2,1-4H3,(H2,25,26,27,30). The highest BCUT2D eigenvalue weighted by Crippen LogP contribution is 2.48. The van der Waals surface area contributed by atoms with E-state index in [1.807, 2.05) is 0 Å². The number of thioether (sulfide) groups is 1. The van der Waals surface area contributed by atoms with Gasteiger partial charge >= 0.3 is 0 Å². The number of carbonyl (C=O) groups excluding carboxylic acids is 1. The number of ether oxygens (including phenoxy) is 1. The zero-order chi connectivity index (χ0) is 23.0. The van der Waals surface area contributed by atoms with Crippen molar-refractivity contribution in [3.8, 4) is 11.5 Å². The van der Waals surface area contributed by atoms with Gasteiger partial charge in [0.15, 0.2) is 22.4 Å². The molecule has 3 N–H and O–H groups in total. The first kappa shape index (κ1) is 22.5. The molecule has 0 saturated heterocycles.